The number of esters is 1. The normalized spacial score (nSPS) is 12.9. The minimum Gasteiger partial charge on any atom is -0.465 e. The Kier molecular flexibility index (Phi) is 5.51. The predicted molar refractivity (Wildman–Crippen MR) is 123 cm³/mol. The van der Waals surface area contributed by atoms with Gasteiger partial charge in [-0.05, 0) is 31.0 Å². The zero-order valence-corrected chi connectivity index (χ0v) is 18.1. The van der Waals surface area contributed by atoms with E-state index in [0.717, 1.165) is 21.3 Å². The fourth-order valence-electron chi connectivity index (χ4n) is 3.16. The van der Waals surface area contributed by atoms with Crippen molar-refractivity contribution in [1.29, 1.82) is 0 Å². The number of nitrogens with one attached hydrogen (secondary N) is 1. The van der Waals surface area contributed by atoms with Crippen molar-refractivity contribution in [3.05, 3.63) is 77.6 Å². The molecule has 1 aliphatic rings. The van der Waals surface area contributed by atoms with Crippen LogP contribution >= 0.6 is 11.3 Å². The molecule has 0 saturated heterocycles. The SMILES string of the molecule is COC(=O)c1ccc(Nc2cc(Oc3sc(C4CC4)nc3-c3ccccc3)ccn2)nc1. The van der Waals surface area contributed by atoms with Crippen LogP contribution in [0.2, 0.25) is 0 Å². The Labute approximate surface area is 189 Å². The molecule has 160 valence electrons. The number of thiazole rings is 1. The second-order valence-corrected chi connectivity index (χ2v) is 8.35. The van der Waals surface area contributed by atoms with Crippen LogP contribution in [0.25, 0.3) is 11.3 Å². The smallest absolute Gasteiger partial charge is 0.339 e. The summed E-state index contributed by atoms with van der Waals surface area (Å²) in [5.41, 5.74) is 2.28. The Morgan fingerprint density at radius 2 is 1.91 bits per heavy atom. The van der Waals surface area contributed by atoms with Crippen LogP contribution in [-0.4, -0.2) is 28.0 Å². The van der Waals surface area contributed by atoms with Crippen LogP contribution in [0.5, 0.6) is 10.8 Å². The average molecular weight is 445 g/mol. The maximum absolute atomic E-state index is 11.6. The highest BCUT2D eigenvalue weighted by molar-refractivity contribution is 7.14. The summed E-state index contributed by atoms with van der Waals surface area (Å²) in [5, 5.41) is 5.03. The van der Waals surface area contributed by atoms with Crippen molar-refractivity contribution in [3.8, 4) is 22.1 Å². The van der Waals surface area contributed by atoms with Crippen LogP contribution in [0.1, 0.15) is 34.1 Å². The van der Waals surface area contributed by atoms with Gasteiger partial charge in [-0.3, -0.25) is 0 Å². The molecule has 0 unspecified atom stereocenters. The van der Waals surface area contributed by atoms with E-state index in [2.05, 4.69) is 15.3 Å². The topological polar surface area (TPSA) is 86.2 Å². The van der Waals surface area contributed by atoms with Crippen LogP contribution in [0.15, 0.2) is 67.0 Å². The Bertz CT molecular complexity index is 1240. The number of rotatable bonds is 7. The lowest BCUT2D eigenvalue weighted by Crippen LogP contribution is -2.03. The third-order valence-corrected chi connectivity index (χ3v) is 6.06. The molecule has 1 saturated carbocycles. The molecule has 3 aromatic heterocycles. The van der Waals surface area contributed by atoms with Crippen molar-refractivity contribution in [3.63, 3.8) is 0 Å². The molecule has 5 rings (SSSR count). The summed E-state index contributed by atoms with van der Waals surface area (Å²) in [6, 6.07) is 17.0. The molecular formula is C24H20N4O3S. The molecule has 0 amide bonds. The van der Waals surface area contributed by atoms with E-state index in [0.29, 0.717) is 28.9 Å². The number of aromatic nitrogens is 3. The molecule has 1 aromatic carbocycles. The minimum atomic E-state index is -0.429. The van der Waals surface area contributed by atoms with Gasteiger partial charge in [0.1, 0.15) is 28.1 Å². The van der Waals surface area contributed by atoms with Crippen LogP contribution in [0, 0.1) is 0 Å². The Morgan fingerprint density at radius 1 is 1.06 bits per heavy atom. The van der Waals surface area contributed by atoms with Gasteiger partial charge in [0.2, 0.25) is 5.06 Å². The number of carbonyl (C=O) groups is 1. The summed E-state index contributed by atoms with van der Waals surface area (Å²) in [6.07, 6.45) is 5.50. The van der Waals surface area contributed by atoms with Gasteiger partial charge in [0.15, 0.2) is 0 Å². The monoisotopic (exact) mass is 444 g/mol. The number of carbonyl (C=O) groups excluding carboxylic acids is 1. The summed E-state index contributed by atoms with van der Waals surface area (Å²) in [7, 11) is 1.34. The number of anilines is 2. The summed E-state index contributed by atoms with van der Waals surface area (Å²) < 4.78 is 11.0. The second-order valence-electron chi connectivity index (χ2n) is 7.36. The van der Waals surface area contributed by atoms with E-state index >= 15 is 0 Å². The van der Waals surface area contributed by atoms with Crippen molar-refractivity contribution in [1.82, 2.24) is 15.0 Å². The molecule has 32 heavy (non-hydrogen) atoms. The number of ether oxygens (including phenoxy) is 2. The lowest BCUT2D eigenvalue weighted by atomic mass is 10.2. The van der Waals surface area contributed by atoms with E-state index in [1.165, 1.54) is 26.1 Å². The summed E-state index contributed by atoms with van der Waals surface area (Å²) in [6.45, 7) is 0. The Balaban J connectivity index is 1.37. The minimum absolute atomic E-state index is 0.383. The van der Waals surface area contributed by atoms with Crippen molar-refractivity contribution < 1.29 is 14.3 Å². The predicted octanol–water partition coefficient (Wildman–Crippen LogP) is 5.80. The first-order valence-electron chi connectivity index (χ1n) is 10.2. The van der Waals surface area contributed by atoms with E-state index in [4.69, 9.17) is 14.5 Å². The number of pyridine rings is 2. The molecule has 3 heterocycles. The first-order valence-corrected chi connectivity index (χ1v) is 11.0. The highest BCUT2D eigenvalue weighted by Gasteiger charge is 2.29. The van der Waals surface area contributed by atoms with Crippen LogP contribution in [0.4, 0.5) is 11.6 Å². The lowest BCUT2D eigenvalue weighted by Gasteiger charge is -2.09. The first kappa shape index (κ1) is 20.1. The molecule has 4 aromatic rings. The molecule has 7 nitrogen and oxygen atoms in total. The third kappa shape index (κ3) is 4.45. The molecule has 8 heteroatoms. The first-order chi connectivity index (χ1) is 15.7. The van der Waals surface area contributed by atoms with Gasteiger partial charge >= 0.3 is 5.97 Å². The van der Waals surface area contributed by atoms with Gasteiger partial charge < -0.3 is 14.8 Å². The van der Waals surface area contributed by atoms with E-state index in [-0.39, 0.29) is 0 Å². The van der Waals surface area contributed by atoms with Gasteiger partial charge in [0.25, 0.3) is 0 Å². The summed E-state index contributed by atoms with van der Waals surface area (Å²) >= 11 is 1.61. The van der Waals surface area contributed by atoms with E-state index in [9.17, 15) is 4.79 Å². The van der Waals surface area contributed by atoms with Crippen LogP contribution in [0.3, 0.4) is 0 Å². The summed E-state index contributed by atoms with van der Waals surface area (Å²) in [4.78, 5) is 25.0. The molecule has 0 spiro atoms. The molecule has 0 radical (unpaired) electrons. The molecule has 1 N–H and O–H groups in total. The fourth-order valence-corrected chi connectivity index (χ4v) is 4.29. The third-order valence-electron chi connectivity index (χ3n) is 4.97. The van der Waals surface area contributed by atoms with Crippen LogP contribution in [-0.2, 0) is 4.74 Å². The van der Waals surface area contributed by atoms with Gasteiger partial charge in [-0.2, -0.15) is 0 Å². The number of methoxy groups -OCH3 is 1. The number of benzene rings is 1. The molecule has 0 atom stereocenters. The fraction of sp³-hybridized carbons (Fsp3) is 0.167. The summed E-state index contributed by atoms with van der Waals surface area (Å²) in [5.74, 6) is 1.90. The van der Waals surface area contributed by atoms with E-state index < -0.39 is 5.97 Å². The van der Waals surface area contributed by atoms with Crippen molar-refractivity contribution >= 4 is 28.9 Å². The van der Waals surface area contributed by atoms with Crippen LogP contribution < -0.4 is 10.1 Å². The van der Waals surface area contributed by atoms with Gasteiger partial charge in [0.05, 0.1) is 12.7 Å². The van der Waals surface area contributed by atoms with Gasteiger partial charge in [-0.1, -0.05) is 41.7 Å². The second kappa shape index (κ2) is 8.76. The van der Waals surface area contributed by atoms with Gasteiger partial charge in [0, 0.05) is 29.9 Å². The number of hydrogen-bond donors (Lipinski definition) is 1. The molecule has 1 fully saturated rings. The Hall–Kier alpha value is -3.78. The maximum Gasteiger partial charge on any atom is 0.339 e. The number of hydrogen-bond acceptors (Lipinski definition) is 8. The van der Waals surface area contributed by atoms with Gasteiger partial charge in [-0.15, -0.1) is 0 Å². The molecule has 0 bridgehead atoms. The molecular weight excluding hydrogens is 424 g/mol. The largest absolute Gasteiger partial charge is 0.465 e. The van der Waals surface area contributed by atoms with Crippen molar-refractivity contribution in [2.24, 2.45) is 0 Å². The maximum atomic E-state index is 11.6. The lowest BCUT2D eigenvalue weighted by molar-refractivity contribution is 0.0600. The average Bonchev–Trinajstić information content (AvgIpc) is 3.60. The Morgan fingerprint density at radius 3 is 2.62 bits per heavy atom. The van der Waals surface area contributed by atoms with Crippen molar-refractivity contribution in [2.75, 3.05) is 12.4 Å². The van der Waals surface area contributed by atoms with Crippen molar-refractivity contribution in [2.45, 2.75) is 18.8 Å². The van der Waals surface area contributed by atoms with E-state index in [1.807, 2.05) is 36.4 Å². The van der Waals surface area contributed by atoms with E-state index in [1.54, 1.807) is 35.7 Å². The molecule has 1 aliphatic carbocycles. The zero-order chi connectivity index (χ0) is 21.9. The number of nitrogens with zero attached hydrogens (tertiary/aromatic N) is 3. The zero-order valence-electron chi connectivity index (χ0n) is 17.3. The molecule has 0 aliphatic heterocycles. The standard InChI is InChI=1S/C24H20N4O3S/c1-30-23(29)17-9-10-19(26-14-17)27-20-13-18(11-12-25-20)31-24-21(15-5-3-2-4-6-15)28-22(32-24)16-7-8-16/h2-6,9-14,16H,7-8H2,1H3,(H,25,26,27). The highest BCUT2D eigenvalue weighted by atomic mass is 32.1. The van der Waals surface area contributed by atoms with Gasteiger partial charge in [-0.25, -0.2) is 19.7 Å². The quantitative estimate of drug-likeness (QED) is 0.361. The highest BCUT2D eigenvalue weighted by Crippen LogP contribution is 2.48.